The second kappa shape index (κ2) is 7.34. The van der Waals surface area contributed by atoms with Crippen LogP contribution in [0.2, 0.25) is 5.02 Å². The van der Waals surface area contributed by atoms with Crippen molar-refractivity contribution in [2.75, 3.05) is 4.90 Å². The van der Waals surface area contributed by atoms with E-state index in [1.54, 1.807) is 19.9 Å². The van der Waals surface area contributed by atoms with Gasteiger partial charge >= 0.3 is 0 Å². The summed E-state index contributed by atoms with van der Waals surface area (Å²) >= 11 is 5.92. The van der Waals surface area contributed by atoms with E-state index in [1.165, 1.54) is 12.1 Å². The third-order valence-corrected chi connectivity index (χ3v) is 6.96. The first-order chi connectivity index (χ1) is 14.6. The number of hydrogen-bond acceptors (Lipinski definition) is 3. The smallest absolute Gasteiger partial charge is 0.241 e. The molecule has 0 spiro atoms. The predicted molar refractivity (Wildman–Crippen MR) is 119 cm³/mol. The van der Waals surface area contributed by atoms with Crippen molar-refractivity contribution >= 4 is 29.1 Å². The fraction of sp³-hybridized carbons (Fsp3) is 0.280. The highest BCUT2D eigenvalue weighted by atomic mass is 35.5. The maximum Gasteiger partial charge on any atom is 0.241 e. The molecule has 2 amide bonds. The summed E-state index contributed by atoms with van der Waals surface area (Å²) in [5.41, 5.74) is 2.29. The minimum absolute atomic E-state index is 0.149. The van der Waals surface area contributed by atoms with Gasteiger partial charge in [0.2, 0.25) is 11.8 Å². The predicted octanol–water partition coefficient (Wildman–Crippen LogP) is 5.60. The molecule has 2 aliphatic rings. The molecule has 2 aromatic carbocycles. The molecule has 1 aliphatic heterocycles. The Morgan fingerprint density at radius 3 is 2.45 bits per heavy atom. The molecule has 6 heteroatoms. The van der Waals surface area contributed by atoms with Crippen LogP contribution >= 0.6 is 11.6 Å². The SMILES string of the molecule is C=CC1=CCC2C(=O)N(c3ccc(F)c(Cl)c3)C(=O)C2(C)C1c1cc(C)c(O)c(C)c1. The molecule has 1 aliphatic carbocycles. The Morgan fingerprint density at radius 2 is 1.87 bits per heavy atom. The lowest BCUT2D eigenvalue weighted by Crippen LogP contribution is -2.41. The third kappa shape index (κ3) is 3.02. The molecule has 3 atom stereocenters. The van der Waals surface area contributed by atoms with E-state index in [0.29, 0.717) is 17.5 Å². The number of halogens is 2. The Kier molecular flexibility index (Phi) is 5.05. The Bertz CT molecular complexity index is 1150. The Morgan fingerprint density at radius 1 is 1.23 bits per heavy atom. The topological polar surface area (TPSA) is 57.6 Å². The van der Waals surface area contributed by atoms with Gasteiger partial charge in [0.25, 0.3) is 0 Å². The van der Waals surface area contributed by atoms with Crippen LogP contribution in [0.5, 0.6) is 5.75 Å². The summed E-state index contributed by atoms with van der Waals surface area (Å²) in [7, 11) is 0. The molecule has 31 heavy (non-hydrogen) atoms. The van der Waals surface area contributed by atoms with Gasteiger partial charge in [0.05, 0.1) is 22.0 Å². The number of fused-ring (bicyclic) bond motifs is 1. The van der Waals surface area contributed by atoms with Crippen LogP contribution in [0.4, 0.5) is 10.1 Å². The monoisotopic (exact) mass is 439 g/mol. The van der Waals surface area contributed by atoms with Crippen molar-refractivity contribution in [1.29, 1.82) is 0 Å². The number of nitrogens with zero attached hydrogens (tertiary/aromatic N) is 1. The molecule has 3 unspecified atom stereocenters. The first kappa shape index (κ1) is 21.3. The highest BCUT2D eigenvalue weighted by Crippen LogP contribution is 2.57. The first-order valence-electron chi connectivity index (χ1n) is 10.1. The lowest BCUT2D eigenvalue weighted by molar-refractivity contribution is -0.127. The lowest BCUT2D eigenvalue weighted by Gasteiger charge is -2.40. The molecule has 1 heterocycles. The maximum absolute atomic E-state index is 13.8. The minimum Gasteiger partial charge on any atom is -0.507 e. The van der Waals surface area contributed by atoms with Gasteiger partial charge in [-0.05, 0) is 67.7 Å². The number of allylic oxidation sites excluding steroid dienone is 3. The number of imide groups is 1. The average Bonchev–Trinajstić information content (AvgIpc) is 2.93. The van der Waals surface area contributed by atoms with E-state index in [9.17, 15) is 19.1 Å². The zero-order valence-corrected chi connectivity index (χ0v) is 18.3. The quantitative estimate of drug-likeness (QED) is 0.633. The summed E-state index contributed by atoms with van der Waals surface area (Å²) in [5, 5.41) is 10.1. The van der Waals surface area contributed by atoms with E-state index in [1.807, 2.05) is 25.1 Å². The number of aromatic hydroxyl groups is 1. The Labute approximate surface area is 185 Å². The molecular formula is C25H23ClFNO3. The van der Waals surface area contributed by atoms with E-state index in [2.05, 4.69) is 6.58 Å². The zero-order chi connectivity index (χ0) is 22.7. The third-order valence-electron chi connectivity index (χ3n) is 6.67. The summed E-state index contributed by atoms with van der Waals surface area (Å²) in [4.78, 5) is 28.3. The summed E-state index contributed by atoms with van der Waals surface area (Å²) in [6.07, 6.45) is 4.08. The molecule has 1 saturated heterocycles. The van der Waals surface area contributed by atoms with Crippen molar-refractivity contribution in [2.24, 2.45) is 11.3 Å². The van der Waals surface area contributed by atoms with Crippen LogP contribution in [0, 0.1) is 31.0 Å². The molecule has 0 bridgehead atoms. The highest BCUT2D eigenvalue weighted by Gasteiger charge is 2.62. The van der Waals surface area contributed by atoms with Crippen LogP contribution in [0.15, 0.2) is 54.6 Å². The van der Waals surface area contributed by atoms with Crippen molar-refractivity contribution in [3.05, 3.63) is 82.2 Å². The number of phenols is 1. The summed E-state index contributed by atoms with van der Waals surface area (Å²) in [6.45, 7) is 9.34. The van der Waals surface area contributed by atoms with E-state index in [-0.39, 0.29) is 28.3 Å². The average molecular weight is 440 g/mol. The fourth-order valence-electron chi connectivity index (χ4n) is 5.06. The zero-order valence-electron chi connectivity index (χ0n) is 17.6. The van der Waals surface area contributed by atoms with E-state index >= 15 is 0 Å². The molecule has 4 nitrogen and oxygen atoms in total. The molecule has 4 rings (SSSR count). The van der Waals surface area contributed by atoms with Crippen LogP contribution in [0.1, 0.15) is 36.0 Å². The van der Waals surface area contributed by atoms with E-state index in [4.69, 9.17) is 11.6 Å². The number of aryl methyl sites for hydroxylation is 2. The summed E-state index contributed by atoms with van der Waals surface area (Å²) in [6, 6.07) is 7.56. The number of phenolic OH excluding ortho intramolecular Hbond substituents is 1. The first-order valence-corrected chi connectivity index (χ1v) is 10.4. The minimum atomic E-state index is -1.06. The lowest BCUT2D eigenvalue weighted by atomic mass is 9.60. The number of carbonyl (C=O) groups excluding carboxylic acids is 2. The standard InChI is InChI=1S/C25H23ClFNO3/c1-5-15-6-8-18-23(30)28(17-7-9-20(27)19(26)12-17)24(31)25(18,4)21(15)16-10-13(2)22(29)14(3)11-16/h5-7,9-12,18,21,29H,1,8H2,2-4H3. The summed E-state index contributed by atoms with van der Waals surface area (Å²) < 4.78 is 13.7. The Hall–Kier alpha value is -2.92. The van der Waals surface area contributed by atoms with Crippen LogP contribution in [0.3, 0.4) is 0 Å². The molecule has 1 N–H and O–H groups in total. The Balaban J connectivity index is 1.89. The van der Waals surface area contributed by atoms with Crippen LogP contribution < -0.4 is 4.90 Å². The number of benzene rings is 2. The summed E-state index contributed by atoms with van der Waals surface area (Å²) in [5.74, 6) is -2.08. The van der Waals surface area contributed by atoms with Crippen LogP contribution in [-0.4, -0.2) is 16.9 Å². The van der Waals surface area contributed by atoms with Gasteiger partial charge in [-0.3, -0.25) is 9.59 Å². The van der Waals surface area contributed by atoms with Gasteiger partial charge in [0.1, 0.15) is 11.6 Å². The second-order valence-corrected chi connectivity index (χ2v) is 8.90. The molecule has 1 fully saturated rings. The van der Waals surface area contributed by atoms with E-state index in [0.717, 1.165) is 22.1 Å². The van der Waals surface area contributed by atoms with Gasteiger partial charge in [-0.2, -0.15) is 0 Å². The van der Waals surface area contributed by atoms with Crippen molar-refractivity contribution in [3.8, 4) is 5.75 Å². The molecule has 0 radical (unpaired) electrons. The molecular weight excluding hydrogens is 417 g/mol. The molecule has 0 aromatic heterocycles. The van der Waals surface area contributed by atoms with Crippen LogP contribution in [0.25, 0.3) is 0 Å². The van der Waals surface area contributed by atoms with Crippen molar-refractivity contribution in [1.82, 2.24) is 0 Å². The number of anilines is 1. The highest BCUT2D eigenvalue weighted by molar-refractivity contribution is 6.31. The molecule has 2 aromatic rings. The molecule has 160 valence electrons. The van der Waals surface area contributed by atoms with Gasteiger partial charge < -0.3 is 5.11 Å². The number of rotatable bonds is 3. The largest absolute Gasteiger partial charge is 0.507 e. The van der Waals surface area contributed by atoms with Crippen molar-refractivity contribution in [3.63, 3.8) is 0 Å². The second-order valence-electron chi connectivity index (χ2n) is 8.49. The van der Waals surface area contributed by atoms with Gasteiger partial charge in [-0.25, -0.2) is 9.29 Å². The van der Waals surface area contributed by atoms with Gasteiger partial charge in [-0.15, -0.1) is 0 Å². The van der Waals surface area contributed by atoms with Crippen molar-refractivity contribution in [2.45, 2.75) is 33.1 Å². The molecule has 0 saturated carbocycles. The number of carbonyl (C=O) groups is 2. The van der Waals surface area contributed by atoms with E-state index < -0.39 is 23.1 Å². The van der Waals surface area contributed by atoms with Gasteiger partial charge in [-0.1, -0.05) is 42.5 Å². The van der Waals surface area contributed by atoms with Crippen molar-refractivity contribution < 1.29 is 19.1 Å². The normalized spacial score (nSPS) is 25.5. The van der Waals surface area contributed by atoms with Gasteiger partial charge in [0, 0.05) is 5.92 Å². The number of hydrogen-bond donors (Lipinski definition) is 1. The maximum atomic E-state index is 13.8. The van der Waals surface area contributed by atoms with Crippen LogP contribution in [-0.2, 0) is 9.59 Å². The number of amides is 2. The fourth-order valence-corrected chi connectivity index (χ4v) is 5.23. The van der Waals surface area contributed by atoms with Gasteiger partial charge in [0.15, 0.2) is 0 Å².